The molecule has 0 aromatic rings. The summed E-state index contributed by atoms with van der Waals surface area (Å²) in [4.78, 5) is 5.19. The summed E-state index contributed by atoms with van der Waals surface area (Å²) in [5.41, 5.74) is 8.35. The molecule has 5 heteroatoms. The van der Waals surface area contributed by atoms with Gasteiger partial charge in [0.15, 0.2) is 0 Å². The molecule has 0 spiro atoms. The zero-order valence-electron chi connectivity index (χ0n) is 9.12. The quantitative estimate of drug-likeness (QED) is 0.386. The van der Waals surface area contributed by atoms with Crippen LogP contribution in [0.5, 0.6) is 0 Å². The zero-order chi connectivity index (χ0) is 10.6. The van der Waals surface area contributed by atoms with Gasteiger partial charge in [-0.15, -0.1) is 0 Å². The fourth-order valence-corrected chi connectivity index (χ4v) is 1.04. The molecule has 0 bridgehead atoms. The number of hydrogen-bond acceptors (Lipinski definition) is 5. The second-order valence-electron chi connectivity index (χ2n) is 3.04. The summed E-state index contributed by atoms with van der Waals surface area (Å²) in [6.07, 6.45) is 1.92. The zero-order valence-corrected chi connectivity index (χ0v) is 9.12. The molecule has 3 N–H and O–H groups in total. The normalized spacial score (nSPS) is 13.1. The van der Waals surface area contributed by atoms with E-state index in [9.17, 15) is 0 Å². The Balaban J connectivity index is 3.40. The van der Waals surface area contributed by atoms with E-state index in [0.717, 1.165) is 12.8 Å². The van der Waals surface area contributed by atoms with Gasteiger partial charge >= 0.3 is 0 Å². The summed E-state index contributed by atoms with van der Waals surface area (Å²) < 4.78 is 9.89. The minimum Gasteiger partial charge on any atom is -0.383 e. The third kappa shape index (κ3) is 8.40. The van der Waals surface area contributed by atoms with Crippen molar-refractivity contribution in [2.75, 3.05) is 40.6 Å². The Morgan fingerprint density at radius 3 is 2.57 bits per heavy atom. The Labute approximate surface area is 85.8 Å². The molecular weight excluding hydrogens is 184 g/mol. The van der Waals surface area contributed by atoms with Crippen molar-refractivity contribution in [2.24, 2.45) is 5.73 Å². The molecule has 86 valence electrons. The maximum atomic E-state index is 5.42. The second-order valence-corrected chi connectivity index (χ2v) is 3.04. The smallest absolute Gasteiger partial charge is 0.0916 e. The van der Waals surface area contributed by atoms with Crippen LogP contribution in [0, 0.1) is 0 Å². The molecule has 0 aromatic carbocycles. The summed E-state index contributed by atoms with van der Waals surface area (Å²) >= 11 is 0. The summed E-state index contributed by atoms with van der Waals surface area (Å²) in [6, 6.07) is 0.209. The molecule has 0 fully saturated rings. The van der Waals surface area contributed by atoms with Crippen LogP contribution in [0.1, 0.15) is 12.8 Å². The van der Waals surface area contributed by atoms with Crippen LogP contribution in [0.4, 0.5) is 0 Å². The van der Waals surface area contributed by atoms with Gasteiger partial charge in [-0.1, -0.05) is 0 Å². The molecule has 0 radical (unpaired) electrons. The summed E-state index contributed by atoms with van der Waals surface area (Å²) in [7, 11) is 3.32. The molecule has 5 nitrogen and oxygen atoms in total. The van der Waals surface area contributed by atoms with E-state index >= 15 is 0 Å². The Bertz CT molecular complexity index is 114. The Morgan fingerprint density at radius 1 is 1.21 bits per heavy atom. The van der Waals surface area contributed by atoms with Gasteiger partial charge in [-0.3, -0.25) is 4.84 Å². The molecule has 0 aromatic heterocycles. The van der Waals surface area contributed by atoms with E-state index in [0.29, 0.717) is 26.4 Å². The van der Waals surface area contributed by atoms with Gasteiger partial charge in [0.05, 0.1) is 25.9 Å². The highest BCUT2D eigenvalue weighted by Crippen LogP contribution is 1.96. The van der Waals surface area contributed by atoms with Crippen LogP contribution >= 0.6 is 0 Å². The van der Waals surface area contributed by atoms with Gasteiger partial charge in [-0.2, -0.15) is 5.48 Å². The molecule has 1 atom stereocenters. The maximum absolute atomic E-state index is 5.42. The van der Waals surface area contributed by atoms with Crippen LogP contribution in [0.25, 0.3) is 0 Å². The van der Waals surface area contributed by atoms with Crippen molar-refractivity contribution in [1.29, 1.82) is 0 Å². The van der Waals surface area contributed by atoms with Gasteiger partial charge in [-0.25, -0.2) is 0 Å². The maximum Gasteiger partial charge on any atom is 0.0916 e. The molecular formula is C9H22N2O3. The molecule has 14 heavy (non-hydrogen) atoms. The molecule has 0 amide bonds. The van der Waals surface area contributed by atoms with E-state index in [1.807, 2.05) is 0 Å². The Kier molecular flexibility index (Phi) is 10.7. The highest BCUT2D eigenvalue weighted by atomic mass is 16.7. The Morgan fingerprint density at radius 2 is 2.00 bits per heavy atom. The van der Waals surface area contributed by atoms with Gasteiger partial charge in [0.1, 0.15) is 0 Å². The molecule has 0 aliphatic rings. The Hall–Kier alpha value is -0.200. The van der Waals surface area contributed by atoms with E-state index in [1.165, 1.54) is 0 Å². The number of ether oxygens (including phenoxy) is 2. The first-order valence-corrected chi connectivity index (χ1v) is 4.90. The second kappa shape index (κ2) is 10.9. The van der Waals surface area contributed by atoms with Crippen LogP contribution in [-0.2, 0) is 14.3 Å². The van der Waals surface area contributed by atoms with Gasteiger partial charge < -0.3 is 15.2 Å². The number of nitrogens with two attached hydrogens (primary N) is 1. The van der Waals surface area contributed by atoms with Crippen molar-refractivity contribution < 1.29 is 14.3 Å². The third-order valence-electron chi connectivity index (χ3n) is 1.76. The van der Waals surface area contributed by atoms with Crippen molar-refractivity contribution in [3.63, 3.8) is 0 Å². The summed E-state index contributed by atoms with van der Waals surface area (Å²) in [6.45, 7) is 2.45. The monoisotopic (exact) mass is 206 g/mol. The molecule has 0 saturated heterocycles. The number of hydroxylamine groups is 1. The first kappa shape index (κ1) is 13.8. The van der Waals surface area contributed by atoms with Crippen LogP contribution in [0.2, 0.25) is 0 Å². The molecule has 0 saturated carbocycles. The van der Waals surface area contributed by atoms with Crippen LogP contribution in [-0.4, -0.2) is 46.6 Å². The van der Waals surface area contributed by atoms with Crippen LogP contribution in [0.15, 0.2) is 0 Å². The summed E-state index contributed by atoms with van der Waals surface area (Å²) in [5.74, 6) is 0. The molecule has 0 rings (SSSR count). The van der Waals surface area contributed by atoms with Gasteiger partial charge in [0, 0.05) is 14.2 Å². The molecule has 0 aliphatic carbocycles. The van der Waals surface area contributed by atoms with E-state index < -0.39 is 0 Å². The number of nitrogens with one attached hydrogen (secondary N) is 1. The third-order valence-corrected chi connectivity index (χ3v) is 1.76. The van der Waals surface area contributed by atoms with Crippen molar-refractivity contribution in [2.45, 2.75) is 18.9 Å². The fraction of sp³-hybridized carbons (Fsp3) is 1.00. The summed E-state index contributed by atoms with van der Waals surface area (Å²) in [5, 5.41) is 0. The number of rotatable bonds is 10. The van der Waals surface area contributed by atoms with E-state index in [2.05, 4.69) is 5.48 Å². The first-order chi connectivity index (χ1) is 6.85. The van der Waals surface area contributed by atoms with E-state index in [4.69, 9.17) is 20.0 Å². The van der Waals surface area contributed by atoms with Crippen molar-refractivity contribution >= 4 is 0 Å². The average Bonchev–Trinajstić information content (AvgIpc) is 2.20. The fourth-order valence-electron chi connectivity index (χ4n) is 1.04. The van der Waals surface area contributed by atoms with Gasteiger partial charge in [0.2, 0.25) is 0 Å². The minimum absolute atomic E-state index is 0.209. The van der Waals surface area contributed by atoms with Crippen molar-refractivity contribution in [3.05, 3.63) is 0 Å². The average molecular weight is 206 g/mol. The van der Waals surface area contributed by atoms with Gasteiger partial charge in [0.25, 0.3) is 0 Å². The lowest BCUT2D eigenvalue weighted by Gasteiger charge is -2.16. The first-order valence-electron chi connectivity index (χ1n) is 4.90. The number of hydrogen-bond donors (Lipinski definition) is 2. The topological polar surface area (TPSA) is 65.7 Å². The lowest BCUT2D eigenvalue weighted by Crippen LogP contribution is -2.34. The molecule has 1 unspecified atom stereocenters. The minimum atomic E-state index is 0.209. The largest absolute Gasteiger partial charge is 0.383 e. The van der Waals surface area contributed by atoms with E-state index in [-0.39, 0.29) is 6.04 Å². The lowest BCUT2D eigenvalue weighted by atomic mass is 10.2. The van der Waals surface area contributed by atoms with Crippen molar-refractivity contribution in [1.82, 2.24) is 5.48 Å². The van der Waals surface area contributed by atoms with Crippen molar-refractivity contribution in [3.8, 4) is 0 Å². The molecule has 0 aliphatic heterocycles. The number of methoxy groups -OCH3 is 2. The SMILES string of the molecule is COCCONC(CCCN)COC. The predicted molar refractivity (Wildman–Crippen MR) is 54.9 cm³/mol. The molecule has 0 heterocycles. The predicted octanol–water partition coefficient (Wildman–Crippen LogP) is -0.0921. The lowest BCUT2D eigenvalue weighted by molar-refractivity contribution is -0.0280. The highest BCUT2D eigenvalue weighted by Gasteiger charge is 2.06. The van der Waals surface area contributed by atoms with E-state index in [1.54, 1.807) is 14.2 Å². The van der Waals surface area contributed by atoms with Crippen LogP contribution in [0.3, 0.4) is 0 Å². The van der Waals surface area contributed by atoms with Gasteiger partial charge in [-0.05, 0) is 19.4 Å². The van der Waals surface area contributed by atoms with Crippen LogP contribution < -0.4 is 11.2 Å². The highest BCUT2D eigenvalue weighted by molar-refractivity contribution is 4.61. The standard InChI is InChI=1S/C9H22N2O3/c1-12-6-7-14-11-9(8-13-2)4-3-5-10/h9,11H,3-8,10H2,1-2H3.